The van der Waals surface area contributed by atoms with Crippen molar-refractivity contribution in [2.24, 2.45) is 0 Å². The summed E-state index contributed by atoms with van der Waals surface area (Å²) >= 11 is 5.39. The van der Waals surface area contributed by atoms with E-state index in [1.54, 1.807) is 6.20 Å². The summed E-state index contributed by atoms with van der Waals surface area (Å²) in [5.74, 6) is 0. The van der Waals surface area contributed by atoms with E-state index >= 15 is 0 Å². The van der Waals surface area contributed by atoms with Crippen molar-refractivity contribution in [2.45, 2.75) is 27.1 Å². The quantitative estimate of drug-likeness (QED) is 0.0715. The third kappa shape index (κ3) is 11.2. The fraction of sp³-hybridized carbons (Fsp3) is 0.150. The molecule has 9 nitrogen and oxygen atoms in total. The van der Waals surface area contributed by atoms with Crippen LogP contribution in [0.4, 0.5) is 27.5 Å². The largest absolute Gasteiger partial charge is 0.377 e. The Morgan fingerprint density at radius 1 is 0.560 bits per heavy atom. The molecular weight excluding hydrogens is 645 g/mol. The van der Waals surface area contributed by atoms with E-state index in [1.807, 2.05) is 129 Å². The Labute approximate surface area is 298 Å². The van der Waals surface area contributed by atoms with Crippen molar-refractivity contribution in [1.82, 2.24) is 9.97 Å². The van der Waals surface area contributed by atoms with Crippen LogP contribution in [0.1, 0.15) is 25.0 Å². The van der Waals surface area contributed by atoms with Gasteiger partial charge in [0.1, 0.15) is 0 Å². The van der Waals surface area contributed by atoms with E-state index in [0.29, 0.717) is 30.6 Å². The van der Waals surface area contributed by atoms with Gasteiger partial charge in [-0.25, -0.2) is 4.79 Å². The Balaban J connectivity index is 0.000000194. The maximum atomic E-state index is 12.1. The van der Waals surface area contributed by atoms with Crippen LogP contribution in [0.5, 0.6) is 0 Å². The summed E-state index contributed by atoms with van der Waals surface area (Å²) in [6.07, 6.45) is 3.68. The lowest BCUT2D eigenvalue weighted by atomic mass is 10.1. The number of ether oxygens (including phenoxy) is 2. The molecule has 50 heavy (non-hydrogen) atoms. The molecule has 10 heteroatoms. The minimum atomic E-state index is -0.281. The second kappa shape index (κ2) is 18.8. The monoisotopic (exact) mass is 686 g/mol. The number of anilines is 4. The van der Waals surface area contributed by atoms with Gasteiger partial charge in [-0.3, -0.25) is 0 Å². The number of hydrogen-bond acceptors (Lipinski definition) is 4. The maximum Gasteiger partial charge on any atom is 0.323 e. The Hall–Kier alpha value is -5.68. The number of benzene rings is 4. The summed E-state index contributed by atoms with van der Waals surface area (Å²) in [4.78, 5) is 18.5. The van der Waals surface area contributed by atoms with Gasteiger partial charge in [-0.15, -0.1) is 0 Å². The number of carbonyl (C=O) groups excluding carboxylic acids is 1. The van der Waals surface area contributed by atoms with Crippen LogP contribution in [0.3, 0.4) is 0 Å². The molecular formula is C40H42N6O3S. The van der Waals surface area contributed by atoms with E-state index in [9.17, 15) is 4.79 Å². The highest BCUT2D eigenvalue weighted by atomic mass is 32.1. The van der Waals surface area contributed by atoms with Gasteiger partial charge in [0.05, 0.1) is 24.6 Å². The molecule has 6 aromatic rings. The smallest absolute Gasteiger partial charge is 0.323 e. The van der Waals surface area contributed by atoms with Gasteiger partial charge >= 0.3 is 6.03 Å². The molecule has 0 saturated carbocycles. The Kier molecular flexibility index (Phi) is 13.4. The van der Waals surface area contributed by atoms with Crippen molar-refractivity contribution >= 4 is 46.1 Å². The predicted octanol–water partition coefficient (Wildman–Crippen LogP) is 9.89. The number of nitrogens with one attached hydrogen (secondary N) is 6. The number of H-pyrrole nitrogens is 2. The van der Waals surface area contributed by atoms with Crippen molar-refractivity contribution in [3.05, 3.63) is 145 Å². The second-order valence-corrected chi connectivity index (χ2v) is 11.6. The number of carbonyl (C=O) groups is 1. The van der Waals surface area contributed by atoms with E-state index in [2.05, 4.69) is 43.4 Å². The SMILES string of the molecule is CCOCc1ccc(NC(=O)Nc2c[nH]c(-c3ccccc3)c2)cc1.CCOCc1ccc(NC(=S)Nc2c[nH]c(-c3ccccc3)c2)cc1. The number of rotatable bonds is 12. The van der Waals surface area contributed by atoms with Crippen molar-refractivity contribution in [2.75, 3.05) is 34.5 Å². The molecule has 0 atom stereocenters. The van der Waals surface area contributed by atoms with Crippen molar-refractivity contribution in [3.63, 3.8) is 0 Å². The lowest BCUT2D eigenvalue weighted by molar-refractivity contribution is 0.134. The molecule has 2 heterocycles. The summed E-state index contributed by atoms with van der Waals surface area (Å²) in [7, 11) is 0. The molecule has 2 amide bonds. The molecule has 6 N–H and O–H groups in total. The van der Waals surface area contributed by atoms with E-state index < -0.39 is 0 Å². The zero-order valence-electron chi connectivity index (χ0n) is 28.2. The number of thiocarbonyl (C=S) groups is 1. The molecule has 0 fully saturated rings. The summed E-state index contributed by atoms with van der Waals surface area (Å²) in [6.45, 7) is 6.56. The summed E-state index contributed by atoms with van der Waals surface area (Å²) in [5, 5.41) is 12.6. The molecule has 2 aromatic heterocycles. The molecule has 0 radical (unpaired) electrons. The molecule has 4 aromatic carbocycles. The zero-order chi connectivity index (χ0) is 35.0. The number of aromatic amines is 2. The normalized spacial score (nSPS) is 10.4. The molecule has 256 valence electrons. The van der Waals surface area contributed by atoms with Gasteiger partial charge in [0.25, 0.3) is 0 Å². The van der Waals surface area contributed by atoms with Crippen LogP contribution < -0.4 is 21.3 Å². The Morgan fingerprint density at radius 3 is 1.42 bits per heavy atom. The van der Waals surface area contributed by atoms with Crippen LogP contribution in [0.15, 0.2) is 134 Å². The highest BCUT2D eigenvalue weighted by molar-refractivity contribution is 7.80. The van der Waals surface area contributed by atoms with Gasteiger partial charge in [-0.2, -0.15) is 0 Å². The Morgan fingerprint density at radius 2 is 0.960 bits per heavy atom. The summed E-state index contributed by atoms with van der Waals surface area (Å²) in [6, 6.07) is 39.4. The number of amides is 2. The fourth-order valence-corrected chi connectivity index (χ4v) is 5.13. The third-order valence-corrected chi connectivity index (χ3v) is 7.62. The predicted molar refractivity (Wildman–Crippen MR) is 208 cm³/mol. The lowest BCUT2D eigenvalue weighted by Gasteiger charge is -2.10. The van der Waals surface area contributed by atoms with E-state index in [4.69, 9.17) is 21.7 Å². The van der Waals surface area contributed by atoms with Gasteiger partial charge in [0, 0.05) is 48.4 Å². The van der Waals surface area contributed by atoms with Gasteiger partial charge in [-0.05, 0) is 84.7 Å². The molecule has 0 saturated heterocycles. The zero-order valence-corrected chi connectivity index (χ0v) is 29.0. The maximum absolute atomic E-state index is 12.1. The summed E-state index contributed by atoms with van der Waals surface area (Å²) in [5.41, 5.74) is 9.74. The minimum Gasteiger partial charge on any atom is -0.377 e. The van der Waals surface area contributed by atoms with Crippen molar-refractivity contribution < 1.29 is 14.3 Å². The van der Waals surface area contributed by atoms with Gasteiger partial charge < -0.3 is 40.7 Å². The van der Waals surface area contributed by atoms with Crippen LogP contribution in [0, 0.1) is 0 Å². The standard InChI is InChI=1S/C20H21N3O2.C20H21N3OS/c1-2-25-14-15-8-10-17(11-9-15)22-20(24)23-18-12-19(21-13-18)16-6-4-3-5-7-16;1-2-24-14-15-8-10-17(11-9-15)22-20(25)23-18-12-19(21-13-18)16-6-4-3-5-7-16/h3-13,21H,2,14H2,1H3,(H2,22,23,24);3-13,21H,2,14H2,1H3,(H2,22,23,25). The highest BCUT2D eigenvalue weighted by Crippen LogP contribution is 2.23. The van der Waals surface area contributed by atoms with E-state index in [1.165, 1.54) is 0 Å². The van der Waals surface area contributed by atoms with Crippen molar-refractivity contribution in [3.8, 4) is 22.5 Å². The van der Waals surface area contributed by atoms with Crippen LogP contribution in [-0.4, -0.2) is 34.3 Å². The first-order valence-corrected chi connectivity index (χ1v) is 16.9. The average Bonchev–Trinajstić information content (AvgIpc) is 3.82. The topological polar surface area (TPSA) is 115 Å². The first-order chi connectivity index (χ1) is 24.5. The van der Waals surface area contributed by atoms with Crippen molar-refractivity contribution in [1.29, 1.82) is 0 Å². The molecule has 0 aliphatic rings. The lowest BCUT2D eigenvalue weighted by Crippen LogP contribution is -2.19. The molecule has 6 rings (SSSR count). The molecule has 0 spiro atoms. The number of aromatic nitrogens is 2. The van der Waals surface area contributed by atoms with Crippen LogP contribution in [0.25, 0.3) is 22.5 Å². The number of urea groups is 1. The van der Waals surface area contributed by atoms with Crippen LogP contribution in [-0.2, 0) is 22.7 Å². The number of hydrogen-bond donors (Lipinski definition) is 6. The second-order valence-electron chi connectivity index (χ2n) is 11.2. The molecule has 0 bridgehead atoms. The van der Waals surface area contributed by atoms with Gasteiger partial charge in [0.2, 0.25) is 0 Å². The Bertz CT molecular complexity index is 1770. The molecule has 0 aliphatic heterocycles. The summed E-state index contributed by atoms with van der Waals surface area (Å²) < 4.78 is 10.8. The first kappa shape index (κ1) is 35.6. The molecule has 0 aliphatic carbocycles. The van der Waals surface area contributed by atoms with E-state index in [-0.39, 0.29) is 6.03 Å². The fourth-order valence-electron chi connectivity index (χ4n) is 4.90. The van der Waals surface area contributed by atoms with Gasteiger partial charge in [-0.1, -0.05) is 84.9 Å². The van der Waals surface area contributed by atoms with Crippen LogP contribution in [0.2, 0.25) is 0 Å². The third-order valence-electron chi connectivity index (χ3n) is 7.42. The minimum absolute atomic E-state index is 0.281. The first-order valence-electron chi connectivity index (χ1n) is 16.5. The highest BCUT2D eigenvalue weighted by Gasteiger charge is 2.07. The van der Waals surface area contributed by atoms with Crippen LogP contribution >= 0.6 is 12.2 Å². The van der Waals surface area contributed by atoms with E-state index in [0.717, 1.165) is 57.3 Å². The van der Waals surface area contributed by atoms with Gasteiger partial charge in [0.15, 0.2) is 5.11 Å². The molecule has 0 unspecified atom stereocenters. The average molecular weight is 687 g/mol.